The summed E-state index contributed by atoms with van der Waals surface area (Å²) in [5, 5.41) is 8.87. The number of aryl methyl sites for hydroxylation is 1. The summed E-state index contributed by atoms with van der Waals surface area (Å²) in [6, 6.07) is 18.1. The third-order valence-electron chi connectivity index (χ3n) is 4.22. The molecule has 1 N–H and O–H groups in total. The van der Waals surface area contributed by atoms with E-state index in [1.165, 1.54) is 0 Å². The smallest absolute Gasteiger partial charge is 0.228 e. The van der Waals surface area contributed by atoms with E-state index in [1.54, 1.807) is 0 Å². The molecule has 130 valence electrons. The van der Waals surface area contributed by atoms with Crippen molar-refractivity contribution in [1.82, 2.24) is 19.7 Å². The predicted octanol–water partition coefficient (Wildman–Crippen LogP) is 3.93. The number of aromatic nitrogens is 4. The zero-order chi connectivity index (χ0) is 18.1. The van der Waals surface area contributed by atoms with E-state index in [0.717, 1.165) is 33.8 Å². The van der Waals surface area contributed by atoms with Crippen LogP contribution < -0.4 is 10.2 Å². The first-order valence-corrected chi connectivity index (χ1v) is 8.44. The van der Waals surface area contributed by atoms with Crippen LogP contribution in [0.3, 0.4) is 0 Å². The van der Waals surface area contributed by atoms with E-state index < -0.39 is 0 Å². The largest absolute Gasteiger partial charge is 0.347 e. The van der Waals surface area contributed by atoms with Crippen molar-refractivity contribution < 1.29 is 0 Å². The average Bonchev–Trinajstić information content (AvgIpc) is 3.08. The van der Waals surface area contributed by atoms with E-state index in [0.29, 0.717) is 5.95 Å². The Hall–Kier alpha value is -3.41. The van der Waals surface area contributed by atoms with Gasteiger partial charge in [0.2, 0.25) is 5.95 Å². The first kappa shape index (κ1) is 16.1. The fourth-order valence-corrected chi connectivity index (χ4v) is 2.79. The first-order valence-electron chi connectivity index (χ1n) is 8.44. The lowest BCUT2D eigenvalue weighted by Crippen LogP contribution is -2.14. The van der Waals surface area contributed by atoms with E-state index in [9.17, 15) is 0 Å². The highest BCUT2D eigenvalue weighted by atomic mass is 15.3. The van der Waals surface area contributed by atoms with Crippen LogP contribution in [-0.2, 0) is 0 Å². The van der Waals surface area contributed by atoms with E-state index in [4.69, 9.17) is 9.97 Å². The van der Waals surface area contributed by atoms with Gasteiger partial charge in [-0.15, -0.1) is 0 Å². The van der Waals surface area contributed by atoms with Crippen molar-refractivity contribution in [1.29, 1.82) is 0 Å². The first-order chi connectivity index (χ1) is 12.6. The highest BCUT2D eigenvalue weighted by Gasteiger charge is 2.15. The standard InChI is InChI=1S/C20H20N6/c1-14-9-7-8-12-17(14)22-18-16-13-21-26(15-10-5-4-6-11-15)19(16)24-20(23-18)25(2)3/h4-13H,1-3H3,(H,22,23,24). The van der Waals surface area contributed by atoms with Gasteiger partial charge in [0.1, 0.15) is 5.82 Å². The molecule has 0 atom stereocenters. The van der Waals surface area contributed by atoms with Crippen molar-refractivity contribution in [2.75, 3.05) is 24.3 Å². The lowest BCUT2D eigenvalue weighted by Gasteiger charge is -2.15. The Balaban J connectivity index is 1.90. The van der Waals surface area contributed by atoms with Crippen molar-refractivity contribution in [3.63, 3.8) is 0 Å². The molecule has 0 aliphatic rings. The summed E-state index contributed by atoms with van der Waals surface area (Å²) in [6.07, 6.45) is 1.81. The van der Waals surface area contributed by atoms with E-state index in [-0.39, 0.29) is 0 Å². The van der Waals surface area contributed by atoms with Gasteiger partial charge >= 0.3 is 0 Å². The van der Waals surface area contributed by atoms with Crippen LogP contribution in [0.2, 0.25) is 0 Å². The molecule has 4 aromatic rings. The van der Waals surface area contributed by atoms with Crippen LogP contribution in [0.15, 0.2) is 60.8 Å². The van der Waals surface area contributed by atoms with Crippen molar-refractivity contribution in [3.8, 4) is 5.69 Å². The highest BCUT2D eigenvalue weighted by Crippen LogP contribution is 2.28. The maximum absolute atomic E-state index is 4.71. The van der Waals surface area contributed by atoms with Gasteiger partial charge in [0, 0.05) is 19.8 Å². The summed E-state index contributed by atoms with van der Waals surface area (Å²) in [7, 11) is 3.86. The minimum absolute atomic E-state index is 0.631. The fraction of sp³-hybridized carbons (Fsp3) is 0.150. The number of nitrogens with zero attached hydrogens (tertiary/aromatic N) is 5. The van der Waals surface area contributed by atoms with Gasteiger partial charge in [-0.2, -0.15) is 15.1 Å². The zero-order valence-corrected chi connectivity index (χ0v) is 15.0. The lowest BCUT2D eigenvalue weighted by atomic mass is 10.2. The van der Waals surface area contributed by atoms with Crippen LogP contribution >= 0.6 is 0 Å². The topological polar surface area (TPSA) is 58.9 Å². The zero-order valence-electron chi connectivity index (χ0n) is 15.0. The molecule has 0 saturated carbocycles. The van der Waals surface area contributed by atoms with Crippen molar-refractivity contribution in [2.24, 2.45) is 0 Å². The van der Waals surface area contributed by atoms with Crippen molar-refractivity contribution in [2.45, 2.75) is 6.92 Å². The average molecular weight is 344 g/mol. The van der Waals surface area contributed by atoms with Gasteiger partial charge in [0.15, 0.2) is 5.65 Å². The molecule has 4 rings (SSSR count). The maximum Gasteiger partial charge on any atom is 0.228 e. The molecule has 2 aromatic heterocycles. The molecule has 0 saturated heterocycles. The molecule has 6 heteroatoms. The van der Waals surface area contributed by atoms with Crippen molar-refractivity contribution >= 4 is 28.5 Å². The SMILES string of the molecule is Cc1ccccc1Nc1nc(N(C)C)nc2c1cnn2-c1ccccc1. The summed E-state index contributed by atoms with van der Waals surface area (Å²) in [5.41, 5.74) is 3.91. The molecule has 6 nitrogen and oxygen atoms in total. The van der Waals surface area contributed by atoms with Crippen LogP contribution in [0, 0.1) is 6.92 Å². The molecular formula is C20H20N6. The Morgan fingerprint density at radius 1 is 0.923 bits per heavy atom. The van der Waals surface area contributed by atoms with Crippen LogP contribution in [0.4, 0.5) is 17.5 Å². The highest BCUT2D eigenvalue weighted by molar-refractivity contribution is 5.90. The van der Waals surface area contributed by atoms with Gasteiger partial charge in [-0.25, -0.2) is 4.68 Å². The Labute approximate surface area is 152 Å². The van der Waals surface area contributed by atoms with Gasteiger partial charge in [-0.05, 0) is 30.7 Å². The lowest BCUT2D eigenvalue weighted by molar-refractivity contribution is 0.890. The Kier molecular flexibility index (Phi) is 4.01. The second-order valence-corrected chi connectivity index (χ2v) is 6.34. The normalized spacial score (nSPS) is 10.9. The van der Waals surface area contributed by atoms with Crippen molar-refractivity contribution in [3.05, 3.63) is 66.4 Å². The molecule has 0 bridgehead atoms. The number of fused-ring (bicyclic) bond motifs is 1. The number of anilines is 3. The number of para-hydroxylation sites is 2. The molecule has 0 spiro atoms. The number of nitrogens with one attached hydrogen (secondary N) is 1. The fourth-order valence-electron chi connectivity index (χ4n) is 2.79. The minimum atomic E-state index is 0.631. The summed E-state index contributed by atoms with van der Waals surface area (Å²) in [6.45, 7) is 2.07. The Morgan fingerprint density at radius 3 is 2.38 bits per heavy atom. The Bertz CT molecular complexity index is 1050. The third-order valence-corrected chi connectivity index (χ3v) is 4.22. The van der Waals surface area contributed by atoms with E-state index >= 15 is 0 Å². The molecular weight excluding hydrogens is 324 g/mol. The van der Waals surface area contributed by atoms with Crippen LogP contribution in [-0.4, -0.2) is 33.8 Å². The van der Waals surface area contributed by atoms with E-state index in [1.807, 2.05) is 78.4 Å². The van der Waals surface area contributed by atoms with Gasteiger partial charge in [-0.3, -0.25) is 0 Å². The van der Waals surface area contributed by atoms with Gasteiger partial charge in [0.25, 0.3) is 0 Å². The minimum Gasteiger partial charge on any atom is -0.347 e. The van der Waals surface area contributed by atoms with E-state index in [2.05, 4.69) is 23.4 Å². The molecule has 0 amide bonds. The van der Waals surface area contributed by atoms with Gasteiger partial charge < -0.3 is 10.2 Å². The quantitative estimate of drug-likeness (QED) is 0.608. The van der Waals surface area contributed by atoms with Gasteiger partial charge in [-0.1, -0.05) is 36.4 Å². The molecule has 26 heavy (non-hydrogen) atoms. The molecule has 0 fully saturated rings. The molecule has 2 heterocycles. The molecule has 0 aliphatic carbocycles. The number of rotatable bonds is 4. The number of hydrogen-bond acceptors (Lipinski definition) is 5. The Morgan fingerprint density at radius 2 is 1.65 bits per heavy atom. The summed E-state index contributed by atoms with van der Waals surface area (Å²) in [4.78, 5) is 11.3. The molecule has 0 radical (unpaired) electrons. The second-order valence-electron chi connectivity index (χ2n) is 6.34. The monoisotopic (exact) mass is 344 g/mol. The number of benzene rings is 2. The van der Waals surface area contributed by atoms with Crippen LogP contribution in [0.5, 0.6) is 0 Å². The maximum atomic E-state index is 4.71. The molecule has 0 aliphatic heterocycles. The summed E-state index contributed by atoms with van der Waals surface area (Å²) < 4.78 is 1.84. The predicted molar refractivity (Wildman–Crippen MR) is 105 cm³/mol. The number of hydrogen-bond donors (Lipinski definition) is 1. The van der Waals surface area contributed by atoms with Gasteiger partial charge in [0.05, 0.1) is 17.3 Å². The molecule has 2 aromatic carbocycles. The van der Waals surface area contributed by atoms with Crippen LogP contribution in [0.1, 0.15) is 5.56 Å². The third kappa shape index (κ3) is 2.86. The molecule has 0 unspecified atom stereocenters. The summed E-state index contributed by atoms with van der Waals surface area (Å²) in [5.74, 6) is 1.38. The second kappa shape index (κ2) is 6.48. The van der Waals surface area contributed by atoms with Crippen LogP contribution in [0.25, 0.3) is 16.7 Å². The summed E-state index contributed by atoms with van der Waals surface area (Å²) >= 11 is 0.